The number of rotatable bonds is 3. The summed E-state index contributed by atoms with van der Waals surface area (Å²) in [6, 6.07) is 12.5. The second-order valence-corrected chi connectivity index (χ2v) is 5.20. The molecule has 1 aliphatic heterocycles. The van der Waals surface area contributed by atoms with Crippen LogP contribution in [0, 0.1) is 11.3 Å². The molecular weight excluding hydrogens is 248 g/mol. The van der Waals surface area contributed by atoms with Gasteiger partial charge in [-0.15, -0.1) is 0 Å². The van der Waals surface area contributed by atoms with E-state index in [1.165, 1.54) is 12.8 Å². The van der Waals surface area contributed by atoms with E-state index in [0.29, 0.717) is 11.6 Å². The van der Waals surface area contributed by atoms with Crippen LogP contribution in [0.2, 0.25) is 0 Å². The first-order chi connectivity index (χ1) is 9.83. The Morgan fingerprint density at radius 3 is 3.10 bits per heavy atom. The molecule has 2 aromatic rings. The van der Waals surface area contributed by atoms with Crippen molar-refractivity contribution in [3.05, 3.63) is 35.9 Å². The summed E-state index contributed by atoms with van der Waals surface area (Å²) in [6.45, 7) is 1.97. The van der Waals surface area contributed by atoms with Gasteiger partial charge in [-0.1, -0.05) is 18.2 Å². The van der Waals surface area contributed by atoms with Gasteiger partial charge in [-0.2, -0.15) is 5.26 Å². The maximum Gasteiger partial charge on any atom is 0.130 e. The van der Waals surface area contributed by atoms with Gasteiger partial charge in [-0.25, -0.2) is 4.98 Å². The molecule has 1 atom stereocenters. The van der Waals surface area contributed by atoms with Gasteiger partial charge in [0.1, 0.15) is 5.82 Å². The lowest BCUT2D eigenvalue weighted by molar-refractivity contribution is 0.612. The van der Waals surface area contributed by atoms with Crippen LogP contribution in [0.25, 0.3) is 10.9 Å². The molecule has 2 heterocycles. The maximum atomic E-state index is 9.36. The fraction of sp³-hybridized carbons (Fsp3) is 0.375. The number of nitriles is 1. The number of nitrogens with one attached hydrogen (secondary N) is 1. The monoisotopic (exact) mass is 266 g/mol. The van der Waals surface area contributed by atoms with E-state index >= 15 is 0 Å². The lowest BCUT2D eigenvalue weighted by Gasteiger charge is -2.26. The standard InChI is InChI=1S/C16H18N4/c1-18-11-13-5-4-8-20(13)16-9-12(10-17)14-6-2-3-7-15(14)19-16/h2-3,6-7,9,13,18H,4-5,8,11H2,1H3. The Labute approximate surface area is 119 Å². The number of hydrogen-bond donors (Lipinski definition) is 1. The Kier molecular flexibility index (Phi) is 3.53. The van der Waals surface area contributed by atoms with E-state index in [1.807, 2.05) is 37.4 Å². The number of fused-ring (bicyclic) bond motifs is 1. The Balaban J connectivity index is 2.06. The van der Waals surface area contributed by atoms with Crippen LogP contribution in [-0.4, -0.2) is 31.2 Å². The van der Waals surface area contributed by atoms with Crippen LogP contribution in [0.1, 0.15) is 18.4 Å². The predicted molar refractivity (Wildman–Crippen MR) is 80.8 cm³/mol. The van der Waals surface area contributed by atoms with Gasteiger partial charge < -0.3 is 10.2 Å². The molecule has 3 rings (SSSR count). The highest BCUT2D eigenvalue weighted by molar-refractivity contribution is 5.86. The molecule has 0 bridgehead atoms. The lowest BCUT2D eigenvalue weighted by Crippen LogP contribution is -2.37. The quantitative estimate of drug-likeness (QED) is 0.926. The number of nitrogens with zero attached hydrogens (tertiary/aromatic N) is 3. The van der Waals surface area contributed by atoms with Crippen molar-refractivity contribution in [1.82, 2.24) is 10.3 Å². The van der Waals surface area contributed by atoms with Crippen LogP contribution in [0.4, 0.5) is 5.82 Å². The summed E-state index contributed by atoms with van der Waals surface area (Å²) < 4.78 is 0. The van der Waals surface area contributed by atoms with E-state index in [2.05, 4.69) is 16.3 Å². The molecule has 0 aliphatic carbocycles. The van der Waals surface area contributed by atoms with Crippen LogP contribution in [0.5, 0.6) is 0 Å². The molecular formula is C16H18N4. The van der Waals surface area contributed by atoms with Gasteiger partial charge >= 0.3 is 0 Å². The fourth-order valence-electron chi connectivity index (χ4n) is 2.99. The number of likely N-dealkylation sites (N-methyl/N-ethyl adjacent to an activating group) is 1. The molecule has 1 N–H and O–H groups in total. The minimum atomic E-state index is 0.472. The summed E-state index contributed by atoms with van der Waals surface area (Å²) in [5, 5.41) is 13.5. The zero-order chi connectivity index (χ0) is 13.9. The number of aromatic nitrogens is 1. The van der Waals surface area contributed by atoms with Gasteiger partial charge in [0, 0.05) is 24.5 Å². The predicted octanol–water partition coefficient (Wildman–Crippen LogP) is 2.29. The molecule has 0 amide bonds. The number of anilines is 1. The van der Waals surface area contributed by atoms with E-state index < -0.39 is 0 Å². The van der Waals surface area contributed by atoms with Crippen LogP contribution >= 0.6 is 0 Å². The third kappa shape index (κ3) is 2.21. The Morgan fingerprint density at radius 2 is 2.30 bits per heavy atom. The van der Waals surface area contributed by atoms with Crippen molar-refractivity contribution >= 4 is 16.7 Å². The zero-order valence-corrected chi connectivity index (χ0v) is 11.6. The summed E-state index contributed by atoms with van der Waals surface area (Å²) in [5.74, 6) is 0.929. The third-order valence-corrected chi connectivity index (χ3v) is 3.93. The molecule has 0 radical (unpaired) electrons. The smallest absolute Gasteiger partial charge is 0.130 e. The summed E-state index contributed by atoms with van der Waals surface area (Å²) >= 11 is 0. The highest BCUT2D eigenvalue weighted by Crippen LogP contribution is 2.27. The minimum Gasteiger partial charge on any atom is -0.352 e. The van der Waals surface area contributed by atoms with Gasteiger partial charge in [0.2, 0.25) is 0 Å². The van der Waals surface area contributed by atoms with Gasteiger partial charge in [-0.3, -0.25) is 0 Å². The van der Waals surface area contributed by atoms with Gasteiger partial charge in [0.15, 0.2) is 0 Å². The average molecular weight is 266 g/mol. The van der Waals surface area contributed by atoms with Crippen molar-refractivity contribution in [2.24, 2.45) is 0 Å². The van der Waals surface area contributed by atoms with E-state index in [1.54, 1.807) is 0 Å². The number of benzene rings is 1. The van der Waals surface area contributed by atoms with E-state index in [0.717, 1.165) is 29.8 Å². The molecule has 1 aliphatic rings. The molecule has 0 saturated carbocycles. The highest BCUT2D eigenvalue weighted by Gasteiger charge is 2.25. The van der Waals surface area contributed by atoms with Gasteiger partial charge in [0.05, 0.1) is 17.1 Å². The van der Waals surface area contributed by atoms with Crippen LogP contribution < -0.4 is 10.2 Å². The SMILES string of the molecule is CNCC1CCCN1c1cc(C#N)c2ccccc2n1. The Morgan fingerprint density at radius 1 is 1.45 bits per heavy atom. The second-order valence-electron chi connectivity index (χ2n) is 5.20. The number of pyridine rings is 1. The lowest BCUT2D eigenvalue weighted by atomic mass is 10.1. The number of hydrogen-bond acceptors (Lipinski definition) is 4. The van der Waals surface area contributed by atoms with Gasteiger partial charge in [0.25, 0.3) is 0 Å². The highest BCUT2D eigenvalue weighted by atomic mass is 15.2. The summed E-state index contributed by atoms with van der Waals surface area (Å²) in [4.78, 5) is 7.07. The van der Waals surface area contributed by atoms with Gasteiger partial charge in [-0.05, 0) is 32.0 Å². The van der Waals surface area contributed by atoms with Crippen LogP contribution in [-0.2, 0) is 0 Å². The molecule has 20 heavy (non-hydrogen) atoms. The van der Waals surface area contributed by atoms with Crippen LogP contribution in [0.15, 0.2) is 30.3 Å². The van der Waals surface area contributed by atoms with Crippen molar-refractivity contribution in [2.45, 2.75) is 18.9 Å². The van der Waals surface area contributed by atoms with Crippen molar-refractivity contribution in [1.29, 1.82) is 5.26 Å². The van der Waals surface area contributed by atoms with E-state index in [-0.39, 0.29) is 0 Å². The minimum absolute atomic E-state index is 0.472. The second kappa shape index (κ2) is 5.48. The van der Waals surface area contributed by atoms with Crippen molar-refractivity contribution < 1.29 is 0 Å². The fourth-order valence-corrected chi connectivity index (χ4v) is 2.99. The van der Waals surface area contributed by atoms with Crippen molar-refractivity contribution in [2.75, 3.05) is 25.0 Å². The molecule has 1 fully saturated rings. The van der Waals surface area contributed by atoms with Crippen molar-refractivity contribution in [3.63, 3.8) is 0 Å². The topological polar surface area (TPSA) is 52.0 Å². The molecule has 0 spiro atoms. The number of para-hydroxylation sites is 1. The summed E-state index contributed by atoms with van der Waals surface area (Å²) in [5.41, 5.74) is 1.61. The van der Waals surface area contributed by atoms with E-state index in [9.17, 15) is 5.26 Å². The average Bonchev–Trinajstić information content (AvgIpc) is 2.95. The Hall–Kier alpha value is -2.12. The molecule has 4 nitrogen and oxygen atoms in total. The largest absolute Gasteiger partial charge is 0.352 e. The summed E-state index contributed by atoms with van der Waals surface area (Å²) in [7, 11) is 1.98. The maximum absolute atomic E-state index is 9.36. The third-order valence-electron chi connectivity index (χ3n) is 3.93. The first-order valence-corrected chi connectivity index (χ1v) is 7.04. The summed E-state index contributed by atoms with van der Waals surface area (Å²) in [6.07, 6.45) is 2.36. The molecule has 1 aromatic carbocycles. The molecule has 102 valence electrons. The molecule has 1 aromatic heterocycles. The first kappa shape index (κ1) is 12.9. The first-order valence-electron chi connectivity index (χ1n) is 7.04. The van der Waals surface area contributed by atoms with Crippen molar-refractivity contribution in [3.8, 4) is 6.07 Å². The molecule has 4 heteroatoms. The normalized spacial score (nSPS) is 18.4. The molecule has 1 unspecified atom stereocenters. The zero-order valence-electron chi connectivity index (χ0n) is 11.6. The molecule has 1 saturated heterocycles. The van der Waals surface area contributed by atoms with E-state index in [4.69, 9.17) is 4.98 Å². The Bertz CT molecular complexity index is 659. The van der Waals surface area contributed by atoms with Crippen LogP contribution in [0.3, 0.4) is 0 Å².